The van der Waals surface area contributed by atoms with Crippen molar-refractivity contribution in [1.82, 2.24) is 5.06 Å². The van der Waals surface area contributed by atoms with Crippen molar-refractivity contribution in [3.8, 4) is 0 Å². The summed E-state index contributed by atoms with van der Waals surface area (Å²) in [5, 5.41) is 19.1. The van der Waals surface area contributed by atoms with Crippen molar-refractivity contribution < 1.29 is 19.8 Å². The second kappa shape index (κ2) is 6.31. The minimum atomic E-state index is -0.734. The second-order valence-corrected chi connectivity index (χ2v) is 3.89. The molecular formula is C9H21NO4. The molecule has 0 saturated carbocycles. The molecule has 1 unspecified atom stereocenters. The molecule has 14 heavy (non-hydrogen) atoms. The van der Waals surface area contributed by atoms with Crippen LogP contribution >= 0.6 is 0 Å². The standard InChI is InChI=1S/C9H21NO4/c1-5-10(7-12)14-8(6-11)13-9(2,3)4/h8,11-12H,5-7H2,1-4H3. The highest BCUT2D eigenvalue weighted by Crippen LogP contribution is 2.12. The SMILES string of the molecule is CCN(CO)OC(CO)OC(C)(C)C. The molecule has 0 fully saturated rings. The van der Waals surface area contributed by atoms with E-state index in [0.29, 0.717) is 6.54 Å². The Hall–Kier alpha value is -0.200. The first-order chi connectivity index (χ1) is 6.42. The van der Waals surface area contributed by atoms with E-state index in [-0.39, 0.29) is 18.9 Å². The van der Waals surface area contributed by atoms with Gasteiger partial charge in [-0.1, -0.05) is 0 Å². The van der Waals surface area contributed by atoms with Crippen molar-refractivity contribution in [3.63, 3.8) is 0 Å². The van der Waals surface area contributed by atoms with Crippen molar-refractivity contribution >= 4 is 0 Å². The van der Waals surface area contributed by atoms with Crippen LogP contribution in [0.15, 0.2) is 0 Å². The van der Waals surface area contributed by atoms with E-state index in [9.17, 15) is 0 Å². The van der Waals surface area contributed by atoms with E-state index in [1.807, 2.05) is 27.7 Å². The van der Waals surface area contributed by atoms with Gasteiger partial charge in [0, 0.05) is 6.54 Å². The smallest absolute Gasteiger partial charge is 0.201 e. The van der Waals surface area contributed by atoms with Crippen LogP contribution in [0.2, 0.25) is 0 Å². The van der Waals surface area contributed by atoms with E-state index >= 15 is 0 Å². The van der Waals surface area contributed by atoms with E-state index in [1.165, 1.54) is 5.06 Å². The van der Waals surface area contributed by atoms with Gasteiger partial charge in [0.05, 0.1) is 12.2 Å². The van der Waals surface area contributed by atoms with Gasteiger partial charge >= 0.3 is 0 Å². The zero-order valence-electron chi connectivity index (χ0n) is 9.36. The third-order valence-electron chi connectivity index (χ3n) is 1.41. The second-order valence-electron chi connectivity index (χ2n) is 3.89. The largest absolute Gasteiger partial charge is 0.391 e. The molecule has 0 aromatic heterocycles. The number of nitrogens with zero attached hydrogens (tertiary/aromatic N) is 1. The quantitative estimate of drug-likeness (QED) is 0.485. The molecule has 0 saturated heterocycles. The predicted molar refractivity (Wildman–Crippen MR) is 52.3 cm³/mol. The van der Waals surface area contributed by atoms with Gasteiger partial charge < -0.3 is 14.9 Å². The van der Waals surface area contributed by atoms with E-state index < -0.39 is 6.29 Å². The molecule has 5 nitrogen and oxygen atoms in total. The molecule has 0 aromatic carbocycles. The first-order valence-electron chi connectivity index (χ1n) is 4.74. The van der Waals surface area contributed by atoms with Crippen LogP contribution in [0.1, 0.15) is 27.7 Å². The molecule has 0 heterocycles. The summed E-state index contributed by atoms with van der Waals surface area (Å²) in [5.41, 5.74) is -0.387. The van der Waals surface area contributed by atoms with E-state index in [1.54, 1.807) is 0 Å². The minimum Gasteiger partial charge on any atom is -0.391 e. The number of aliphatic hydroxyl groups is 2. The van der Waals surface area contributed by atoms with Crippen LogP contribution in [0.25, 0.3) is 0 Å². The van der Waals surface area contributed by atoms with Gasteiger partial charge in [0.15, 0.2) is 0 Å². The first-order valence-corrected chi connectivity index (χ1v) is 4.74. The molecule has 0 aliphatic heterocycles. The van der Waals surface area contributed by atoms with Crippen molar-refractivity contribution in [2.45, 2.75) is 39.6 Å². The van der Waals surface area contributed by atoms with Crippen LogP contribution in [0.5, 0.6) is 0 Å². The topological polar surface area (TPSA) is 62.2 Å². The Bertz CT molecular complexity index is 142. The lowest BCUT2D eigenvalue weighted by atomic mass is 10.2. The normalized spacial score (nSPS) is 14.8. The minimum absolute atomic E-state index is 0.222. The van der Waals surface area contributed by atoms with Crippen molar-refractivity contribution in [2.75, 3.05) is 19.9 Å². The Balaban J connectivity index is 4.01. The molecule has 0 aliphatic carbocycles. The fraction of sp³-hybridized carbons (Fsp3) is 1.00. The number of aliphatic hydroxyl groups excluding tert-OH is 2. The lowest BCUT2D eigenvalue weighted by Crippen LogP contribution is -2.38. The molecule has 1 atom stereocenters. The summed E-state index contributed by atoms with van der Waals surface area (Å²) in [6.45, 7) is 7.51. The third kappa shape index (κ3) is 6.28. The Morgan fingerprint density at radius 1 is 1.29 bits per heavy atom. The molecule has 0 amide bonds. The van der Waals surface area contributed by atoms with Gasteiger partial charge in [-0.3, -0.25) is 4.84 Å². The Kier molecular flexibility index (Phi) is 6.22. The van der Waals surface area contributed by atoms with Gasteiger partial charge in [0.1, 0.15) is 6.73 Å². The summed E-state index contributed by atoms with van der Waals surface area (Å²) < 4.78 is 5.40. The van der Waals surface area contributed by atoms with Gasteiger partial charge in [-0.15, -0.1) is 0 Å². The van der Waals surface area contributed by atoms with Crippen molar-refractivity contribution in [1.29, 1.82) is 0 Å². The van der Waals surface area contributed by atoms with Gasteiger partial charge in [-0.25, -0.2) is 0 Å². The molecule has 0 aromatic rings. The number of hydroxylamine groups is 2. The molecular weight excluding hydrogens is 186 g/mol. The monoisotopic (exact) mass is 207 g/mol. The van der Waals surface area contributed by atoms with Gasteiger partial charge in [0.25, 0.3) is 0 Å². The summed E-state index contributed by atoms with van der Waals surface area (Å²) in [6, 6.07) is 0. The zero-order chi connectivity index (χ0) is 11.2. The third-order valence-corrected chi connectivity index (χ3v) is 1.41. The van der Waals surface area contributed by atoms with Crippen LogP contribution in [0.4, 0.5) is 0 Å². The Labute approximate surface area is 85.2 Å². The molecule has 86 valence electrons. The maximum absolute atomic E-state index is 8.97. The number of hydrogen-bond donors (Lipinski definition) is 2. The van der Waals surface area contributed by atoms with Crippen LogP contribution < -0.4 is 0 Å². The molecule has 5 heteroatoms. The van der Waals surface area contributed by atoms with Gasteiger partial charge in [0.2, 0.25) is 6.29 Å². The maximum atomic E-state index is 8.97. The fourth-order valence-electron chi connectivity index (χ4n) is 0.861. The molecule has 0 aliphatic rings. The van der Waals surface area contributed by atoms with Crippen molar-refractivity contribution in [3.05, 3.63) is 0 Å². The summed E-state index contributed by atoms with van der Waals surface area (Å²) in [7, 11) is 0. The van der Waals surface area contributed by atoms with E-state index in [0.717, 1.165) is 0 Å². The van der Waals surface area contributed by atoms with Crippen LogP contribution in [0, 0.1) is 0 Å². The average molecular weight is 207 g/mol. The summed E-state index contributed by atoms with van der Waals surface area (Å²) >= 11 is 0. The summed E-state index contributed by atoms with van der Waals surface area (Å²) in [6.07, 6.45) is -0.734. The van der Waals surface area contributed by atoms with Crippen molar-refractivity contribution in [2.24, 2.45) is 0 Å². The highest BCUT2D eigenvalue weighted by Gasteiger charge is 2.20. The molecule has 0 rings (SSSR count). The molecule has 0 spiro atoms. The summed E-state index contributed by atoms with van der Waals surface area (Å²) in [5.74, 6) is 0. The molecule has 0 bridgehead atoms. The van der Waals surface area contributed by atoms with E-state index in [4.69, 9.17) is 19.8 Å². The molecule has 2 N–H and O–H groups in total. The molecule has 0 radical (unpaired) electrons. The van der Waals surface area contributed by atoms with E-state index in [2.05, 4.69) is 0 Å². The lowest BCUT2D eigenvalue weighted by molar-refractivity contribution is -0.324. The fourth-order valence-corrected chi connectivity index (χ4v) is 0.861. The first kappa shape index (κ1) is 13.8. The lowest BCUT2D eigenvalue weighted by Gasteiger charge is -2.29. The zero-order valence-corrected chi connectivity index (χ0v) is 9.36. The number of hydrogen-bond acceptors (Lipinski definition) is 5. The predicted octanol–water partition coefficient (Wildman–Crippen LogP) is 0.323. The highest BCUT2D eigenvalue weighted by atomic mass is 16.8. The Morgan fingerprint density at radius 2 is 1.86 bits per heavy atom. The average Bonchev–Trinajstić information content (AvgIpc) is 2.10. The number of rotatable bonds is 6. The summed E-state index contributed by atoms with van der Waals surface area (Å²) in [4.78, 5) is 5.19. The Morgan fingerprint density at radius 3 is 2.14 bits per heavy atom. The maximum Gasteiger partial charge on any atom is 0.201 e. The van der Waals surface area contributed by atoms with Crippen LogP contribution in [-0.2, 0) is 9.57 Å². The van der Waals surface area contributed by atoms with Crippen LogP contribution in [0.3, 0.4) is 0 Å². The van der Waals surface area contributed by atoms with Gasteiger partial charge in [-0.2, -0.15) is 5.06 Å². The number of ether oxygens (including phenoxy) is 1. The van der Waals surface area contributed by atoms with Crippen LogP contribution in [-0.4, -0.2) is 47.0 Å². The van der Waals surface area contributed by atoms with Gasteiger partial charge in [-0.05, 0) is 27.7 Å². The highest BCUT2D eigenvalue weighted by molar-refractivity contribution is 4.60.